The SMILES string of the molecule is N#Cc1ccnc(-c2ccc(-c3ccc4sc5ccccc5c4c3)cc2)c1. The lowest BCUT2D eigenvalue weighted by Crippen LogP contribution is -1.85. The predicted molar refractivity (Wildman–Crippen MR) is 113 cm³/mol. The van der Waals surface area contributed by atoms with Crippen molar-refractivity contribution in [2.45, 2.75) is 0 Å². The number of hydrogen-bond acceptors (Lipinski definition) is 3. The van der Waals surface area contributed by atoms with Gasteiger partial charge in [0.2, 0.25) is 0 Å². The fourth-order valence-corrected chi connectivity index (χ4v) is 4.48. The lowest BCUT2D eigenvalue weighted by Gasteiger charge is -2.05. The van der Waals surface area contributed by atoms with Gasteiger partial charge in [0.1, 0.15) is 0 Å². The van der Waals surface area contributed by atoms with Crippen molar-refractivity contribution in [1.82, 2.24) is 4.98 Å². The van der Waals surface area contributed by atoms with E-state index in [1.54, 1.807) is 12.3 Å². The molecule has 5 aromatic rings. The maximum atomic E-state index is 9.07. The summed E-state index contributed by atoms with van der Waals surface area (Å²) in [7, 11) is 0. The Labute approximate surface area is 161 Å². The highest BCUT2D eigenvalue weighted by Crippen LogP contribution is 2.36. The minimum Gasteiger partial charge on any atom is -0.256 e. The van der Waals surface area contributed by atoms with Gasteiger partial charge in [-0.3, -0.25) is 4.98 Å². The molecule has 0 fully saturated rings. The molecule has 0 spiro atoms. The van der Waals surface area contributed by atoms with Crippen molar-refractivity contribution in [3.05, 3.63) is 90.6 Å². The number of benzene rings is 3. The molecule has 3 heteroatoms. The summed E-state index contributed by atoms with van der Waals surface area (Å²) in [5, 5.41) is 11.7. The van der Waals surface area contributed by atoms with Crippen molar-refractivity contribution in [3.63, 3.8) is 0 Å². The Morgan fingerprint density at radius 1 is 0.704 bits per heavy atom. The van der Waals surface area contributed by atoms with Crippen LogP contribution in [-0.4, -0.2) is 4.98 Å². The van der Waals surface area contributed by atoms with Gasteiger partial charge in [-0.2, -0.15) is 5.26 Å². The second-order valence-electron chi connectivity index (χ2n) is 6.43. The largest absolute Gasteiger partial charge is 0.256 e. The van der Waals surface area contributed by atoms with Crippen LogP contribution in [0.5, 0.6) is 0 Å². The van der Waals surface area contributed by atoms with Gasteiger partial charge in [-0.25, -0.2) is 0 Å². The maximum absolute atomic E-state index is 9.07. The second kappa shape index (κ2) is 6.35. The van der Waals surface area contributed by atoms with E-state index < -0.39 is 0 Å². The highest BCUT2D eigenvalue weighted by atomic mass is 32.1. The van der Waals surface area contributed by atoms with Gasteiger partial charge in [0.25, 0.3) is 0 Å². The summed E-state index contributed by atoms with van der Waals surface area (Å²) >= 11 is 1.83. The molecule has 2 nitrogen and oxygen atoms in total. The molecular weight excluding hydrogens is 348 g/mol. The van der Waals surface area contributed by atoms with Crippen molar-refractivity contribution in [2.75, 3.05) is 0 Å². The number of nitrogens with zero attached hydrogens (tertiary/aromatic N) is 2. The Morgan fingerprint density at radius 2 is 1.44 bits per heavy atom. The van der Waals surface area contributed by atoms with Crippen LogP contribution in [-0.2, 0) is 0 Å². The number of aromatic nitrogens is 1. The predicted octanol–water partition coefficient (Wildman–Crippen LogP) is 6.66. The van der Waals surface area contributed by atoms with Crippen LogP contribution in [0.1, 0.15) is 5.56 Å². The van der Waals surface area contributed by atoms with Gasteiger partial charge in [-0.05, 0) is 41.5 Å². The van der Waals surface area contributed by atoms with Gasteiger partial charge in [0, 0.05) is 31.9 Å². The minimum absolute atomic E-state index is 0.624. The molecule has 0 unspecified atom stereocenters. The Kier molecular flexibility index (Phi) is 3.71. The average molecular weight is 362 g/mol. The molecule has 2 aromatic heterocycles. The van der Waals surface area contributed by atoms with Crippen molar-refractivity contribution >= 4 is 31.5 Å². The van der Waals surface area contributed by atoms with Crippen LogP contribution in [0.2, 0.25) is 0 Å². The molecule has 5 rings (SSSR count). The van der Waals surface area contributed by atoms with E-state index in [0.717, 1.165) is 11.3 Å². The molecule has 27 heavy (non-hydrogen) atoms. The fraction of sp³-hybridized carbons (Fsp3) is 0. The summed E-state index contributed by atoms with van der Waals surface area (Å²) in [5.74, 6) is 0. The molecule has 126 valence electrons. The van der Waals surface area contributed by atoms with E-state index in [4.69, 9.17) is 5.26 Å². The van der Waals surface area contributed by atoms with Crippen molar-refractivity contribution < 1.29 is 0 Å². The van der Waals surface area contributed by atoms with E-state index in [9.17, 15) is 0 Å². The van der Waals surface area contributed by atoms with Gasteiger partial charge in [-0.15, -0.1) is 11.3 Å². The molecule has 0 aliphatic rings. The van der Waals surface area contributed by atoms with Gasteiger partial charge in [-0.1, -0.05) is 48.5 Å². The number of nitriles is 1. The standard InChI is InChI=1S/C24H14N2S/c25-15-16-11-12-26-22(13-16)18-7-5-17(6-8-18)19-9-10-24-21(14-19)20-3-1-2-4-23(20)27-24/h1-14H. The lowest BCUT2D eigenvalue weighted by atomic mass is 10.0. The van der Waals surface area contributed by atoms with E-state index in [1.807, 2.05) is 17.4 Å². The highest BCUT2D eigenvalue weighted by Gasteiger charge is 2.07. The molecule has 0 bridgehead atoms. The van der Waals surface area contributed by atoms with Crippen molar-refractivity contribution in [1.29, 1.82) is 5.26 Å². The number of pyridine rings is 1. The highest BCUT2D eigenvalue weighted by molar-refractivity contribution is 7.25. The molecule has 0 aliphatic carbocycles. The lowest BCUT2D eigenvalue weighted by molar-refractivity contribution is 1.31. The average Bonchev–Trinajstić information content (AvgIpc) is 3.12. The van der Waals surface area contributed by atoms with Crippen LogP contribution in [0, 0.1) is 11.3 Å². The number of thiophene rings is 1. The Hall–Kier alpha value is -3.48. The Bertz CT molecular complexity index is 1320. The molecule has 3 aromatic carbocycles. The van der Waals surface area contributed by atoms with Gasteiger partial charge < -0.3 is 0 Å². The monoisotopic (exact) mass is 362 g/mol. The zero-order valence-corrected chi connectivity index (χ0v) is 15.2. The first-order valence-electron chi connectivity index (χ1n) is 8.70. The van der Waals surface area contributed by atoms with Gasteiger partial charge in [0.05, 0.1) is 17.3 Å². The molecule has 0 radical (unpaired) electrons. The molecule has 0 aliphatic heterocycles. The molecule has 0 N–H and O–H groups in total. The second-order valence-corrected chi connectivity index (χ2v) is 7.51. The Morgan fingerprint density at radius 3 is 2.30 bits per heavy atom. The van der Waals surface area contributed by atoms with Crippen LogP contribution in [0.25, 0.3) is 42.6 Å². The van der Waals surface area contributed by atoms with Crippen LogP contribution >= 0.6 is 11.3 Å². The zero-order chi connectivity index (χ0) is 18.2. The summed E-state index contributed by atoms with van der Waals surface area (Å²) in [6.45, 7) is 0. The smallest absolute Gasteiger partial charge is 0.0992 e. The summed E-state index contributed by atoms with van der Waals surface area (Å²) < 4.78 is 2.64. The quantitative estimate of drug-likeness (QED) is 0.352. The summed E-state index contributed by atoms with van der Waals surface area (Å²) in [6.07, 6.45) is 1.68. The fourth-order valence-electron chi connectivity index (χ4n) is 3.40. The first kappa shape index (κ1) is 15.7. The molecule has 0 saturated heterocycles. The molecule has 0 amide bonds. The summed E-state index contributed by atoms with van der Waals surface area (Å²) in [5.41, 5.74) is 4.83. The number of rotatable bonds is 2. The first-order valence-corrected chi connectivity index (χ1v) is 9.52. The van der Waals surface area contributed by atoms with Gasteiger partial charge in [0.15, 0.2) is 0 Å². The number of hydrogen-bond donors (Lipinski definition) is 0. The van der Waals surface area contributed by atoms with E-state index >= 15 is 0 Å². The third-order valence-electron chi connectivity index (χ3n) is 4.78. The van der Waals surface area contributed by atoms with E-state index in [2.05, 4.69) is 77.8 Å². The Balaban J connectivity index is 1.56. The van der Waals surface area contributed by atoms with Crippen LogP contribution in [0.15, 0.2) is 85.1 Å². The summed E-state index contributed by atoms with van der Waals surface area (Å²) in [4.78, 5) is 4.38. The third-order valence-corrected chi connectivity index (χ3v) is 5.93. The first-order chi connectivity index (χ1) is 13.3. The van der Waals surface area contributed by atoms with Crippen molar-refractivity contribution in [3.8, 4) is 28.5 Å². The summed E-state index contributed by atoms with van der Waals surface area (Å²) in [6, 6.07) is 29.3. The van der Waals surface area contributed by atoms with Crippen LogP contribution < -0.4 is 0 Å². The van der Waals surface area contributed by atoms with Gasteiger partial charge >= 0.3 is 0 Å². The molecule has 2 heterocycles. The molecule has 0 saturated carbocycles. The van der Waals surface area contributed by atoms with E-state index in [-0.39, 0.29) is 0 Å². The zero-order valence-electron chi connectivity index (χ0n) is 14.4. The molecular formula is C24H14N2S. The number of fused-ring (bicyclic) bond motifs is 3. The topological polar surface area (TPSA) is 36.7 Å². The normalized spacial score (nSPS) is 10.9. The van der Waals surface area contributed by atoms with Crippen molar-refractivity contribution in [2.24, 2.45) is 0 Å². The minimum atomic E-state index is 0.624. The molecule has 0 atom stereocenters. The third kappa shape index (κ3) is 2.77. The van der Waals surface area contributed by atoms with E-state index in [1.165, 1.54) is 31.3 Å². The van der Waals surface area contributed by atoms with E-state index in [0.29, 0.717) is 5.56 Å². The maximum Gasteiger partial charge on any atom is 0.0992 e. The van der Waals surface area contributed by atoms with Crippen LogP contribution in [0.4, 0.5) is 0 Å². The van der Waals surface area contributed by atoms with Crippen LogP contribution in [0.3, 0.4) is 0 Å².